The van der Waals surface area contributed by atoms with Crippen molar-refractivity contribution in [3.63, 3.8) is 0 Å². The summed E-state index contributed by atoms with van der Waals surface area (Å²) in [6, 6.07) is 8.00. The molecule has 122 valence electrons. The Bertz CT molecular complexity index is 734. The molecule has 23 heavy (non-hydrogen) atoms. The predicted octanol–water partition coefficient (Wildman–Crippen LogP) is 4.98. The van der Waals surface area contributed by atoms with Gasteiger partial charge in [0.1, 0.15) is 0 Å². The molecule has 2 nitrogen and oxygen atoms in total. The van der Waals surface area contributed by atoms with Crippen molar-refractivity contribution in [3.05, 3.63) is 51.4 Å². The van der Waals surface area contributed by atoms with E-state index in [9.17, 15) is 4.79 Å². The third-order valence-electron chi connectivity index (χ3n) is 4.78. The van der Waals surface area contributed by atoms with Crippen LogP contribution in [0, 0.1) is 5.92 Å². The van der Waals surface area contributed by atoms with Crippen LogP contribution in [-0.2, 0) is 18.3 Å². The average Bonchev–Trinajstić information content (AvgIpc) is 2.80. The quantitative estimate of drug-likeness (QED) is 0.790. The standard InChI is InChI=1S/C20H25NOS/c1-12-5-10-15-16(11-12)23-19(21)17(15)18(22)13-6-8-14(9-7-13)20(2,3)4/h6-9,12H,5,10-11,21H2,1-4H3. The van der Waals surface area contributed by atoms with E-state index in [4.69, 9.17) is 5.73 Å². The normalized spacial score (nSPS) is 17.8. The summed E-state index contributed by atoms with van der Waals surface area (Å²) < 4.78 is 0. The van der Waals surface area contributed by atoms with Crippen LogP contribution in [0.5, 0.6) is 0 Å². The van der Waals surface area contributed by atoms with Gasteiger partial charge < -0.3 is 5.73 Å². The molecule has 0 bridgehead atoms. The first-order chi connectivity index (χ1) is 10.8. The second kappa shape index (κ2) is 5.79. The number of carbonyl (C=O) groups is 1. The summed E-state index contributed by atoms with van der Waals surface area (Å²) in [5.74, 6) is 0.768. The van der Waals surface area contributed by atoms with Gasteiger partial charge in [0.05, 0.1) is 10.6 Å². The van der Waals surface area contributed by atoms with Crippen LogP contribution >= 0.6 is 11.3 Å². The Kier molecular flexibility index (Phi) is 4.09. The van der Waals surface area contributed by atoms with E-state index in [1.165, 1.54) is 16.0 Å². The summed E-state index contributed by atoms with van der Waals surface area (Å²) in [6.07, 6.45) is 3.18. The van der Waals surface area contributed by atoms with Crippen molar-refractivity contribution in [3.8, 4) is 0 Å². The minimum Gasteiger partial charge on any atom is -0.390 e. The number of fused-ring (bicyclic) bond motifs is 1. The number of anilines is 1. The Hall–Kier alpha value is -1.61. The first-order valence-electron chi connectivity index (χ1n) is 8.32. The molecule has 1 aliphatic carbocycles. The number of hydrogen-bond donors (Lipinski definition) is 1. The fourth-order valence-corrected chi connectivity index (χ4v) is 4.57. The van der Waals surface area contributed by atoms with Crippen LogP contribution in [-0.4, -0.2) is 5.78 Å². The molecule has 0 saturated carbocycles. The molecule has 3 heteroatoms. The largest absolute Gasteiger partial charge is 0.390 e. The lowest BCUT2D eigenvalue weighted by Crippen LogP contribution is -2.14. The molecule has 0 amide bonds. The molecule has 1 atom stereocenters. The van der Waals surface area contributed by atoms with Crippen molar-refractivity contribution in [2.24, 2.45) is 5.92 Å². The van der Waals surface area contributed by atoms with E-state index in [0.717, 1.165) is 30.4 Å². The van der Waals surface area contributed by atoms with Crippen molar-refractivity contribution in [1.29, 1.82) is 0 Å². The van der Waals surface area contributed by atoms with Crippen molar-refractivity contribution in [2.45, 2.75) is 52.4 Å². The minimum atomic E-state index is 0.0787. The number of rotatable bonds is 2. The fourth-order valence-electron chi connectivity index (χ4n) is 3.29. The Balaban J connectivity index is 1.95. The van der Waals surface area contributed by atoms with Crippen LogP contribution in [0.15, 0.2) is 24.3 Å². The number of carbonyl (C=O) groups excluding carboxylic acids is 1. The molecule has 3 rings (SSSR count). The average molecular weight is 327 g/mol. The predicted molar refractivity (Wildman–Crippen MR) is 98.5 cm³/mol. The van der Waals surface area contributed by atoms with E-state index in [0.29, 0.717) is 10.9 Å². The zero-order valence-corrected chi connectivity index (χ0v) is 15.2. The summed E-state index contributed by atoms with van der Waals surface area (Å²) in [7, 11) is 0. The summed E-state index contributed by atoms with van der Waals surface area (Å²) >= 11 is 1.61. The van der Waals surface area contributed by atoms with E-state index in [1.807, 2.05) is 12.1 Å². The second-order valence-electron chi connectivity index (χ2n) is 7.75. The van der Waals surface area contributed by atoms with Gasteiger partial charge in [-0.15, -0.1) is 11.3 Å². The first-order valence-corrected chi connectivity index (χ1v) is 9.14. The molecule has 2 N–H and O–H groups in total. The number of benzene rings is 1. The van der Waals surface area contributed by atoms with Crippen LogP contribution in [0.1, 0.15) is 66.0 Å². The van der Waals surface area contributed by atoms with Gasteiger partial charge >= 0.3 is 0 Å². The molecule has 1 aliphatic rings. The van der Waals surface area contributed by atoms with Gasteiger partial charge in [0.15, 0.2) is 5.78 Å². The van der Waals surface area contributed by atoms with Gasteiger partial charge in [0, 0.05) is 10.4 Å². The zero-order chi connectivity index (χ0) is 16.8. The number of ketones is 1. The Morgan fingerprint density at radius 3 is 2.48 bits per heavy atom. The molecule has 1 aromatic heterocycles. The highest BCUT2D eigenvalue weighted by atomic mass is 32.1. The van der Waals surface area contributed by atoms with Crippen molar-refractivity contribution < 1.29 is 4.79 Å². The molecular formula is C20H25NOS. The van der Waals surface area contributed by atoms with Gasteiger partial charge in [0.25, 0.3) is 0 Å². The Morgan fingerprint density at radius 1 is 1.22 bits per heavy atom. The fraction of sp³-hybridized carbons (Fsp3) is 0.450. The summed E-state index contributed by atoms with van der Waals surface area (Å²) in [5, 5.41) is 0.689. The molecule has 1 unspecified atom stereocenters. The smallest absolute Gasteiger partial charge is 0.196 e. The van der Waals surface area contributed by atoms with Gasteiger partial charge in [-0.1, -0.05) is 52.0 Å². The van der Waals surface area contributed by atoms with E-state index < -0.39 is 0 Å². The van der Waals surface area contributed by atoms with Gasteiger partial charge in [-0.2, -0.15) is 0 Å². The topological polar surface area (TPSA) is 43.1 Å². The van der Waals surface area contributed by atoms with E-state index in [1.54, 1.807) is 11.3 Å². The third kappa shape index (κ3) is 3.07. The Labute approximate surface area is 142 Å². The molecule has 0 radical (unpaired) electrons. The van der Waals surface area contributed by atoms with Gasteiger partial charge in [-0.3, -0.25) is 4.79 Å². The molecule has 0 saturated heterocycles. The van der Waals surface area contributed by atoms with Crippen LogP contribution in [0.2, 0.25) is 0 Å². The number of nitrogen functional groups attached to an aromatic ring is 1. The van der Waals surface area contributed by atoms with Crippen LogP contribution in [0.3, 0.4) is 0 Å². The number of hydrogen-bond acceptors (Lipinski definition) is 3. The molecule has 0 aliphatic heterocycles. The molecule has 0 fully saturated rings. The highest BCUT2D eigenvalue weighted by Crippen LogP contribution is 2.39. The molecular weight excluding hydrogens is 302 g/mol. The van der Waals surface area contributed by atoms with Gasteiger partial charge in [-0.05, 0) is 41.7 Å². The first kappa shape index (κ1) is 16.3. The minimum absolute atomic E-state index is 0.0787. The lowest BCUT2D eigenvalue weighted by atomic mass is 9.85. The summed E-state index contributed by atoms with van der Waals surface area (Å²) in [4.78, 5) is 14.3. The van der Waals surface area contributed by atoms with E-state index >= 15 is 0 Å². The molecule has 0 spiro atoms. The summed E-state index contributed by atoms with van der Waals surface area (Å²) in [5.41, 5.74) is 10.2. The number of thiophene rings is 1. The summed E-state index contributed by atoms with van der Waals surface area (Å²) in [6.45, 7) is 8.81. The van der Waals surface area contributed by atoms with Crippen LogP contribution in [0.25, 0.3) is 0 Å². The highest BCUT2D eigenvalue weighted by Gasteiger charge is 2.27. The van der Waals surface area contributed by atoms with Crippen LogP contribution in [0.4, 0.5) is 5.00 Å². The zero-order valence-electron chi connectivity index (χ0n) is 14.4. The number of nitrogens with two attached hydrogens (primary N) is 1. The van der Waals surface area contributed by atoms with Crippen molar-refractivity contribution in [2.75, 3.05) is 5.73 Å². The maximum absolute atomic E-state index is 13.0. The Morgan fingerprint density at radius 2 is 1.87 bits per heavy atom. The highest BCUT2D eigenvalue weighted by molar-refractivity contribution is 7.16. The lowest BCUT2D eigenvalue weighted by molar-refractivity contribution is 0.103. The maximum Gasteiger partial charge on any atom is 0.196 e. The maximum atomic E-state index is 13.0. The molecule has 1 aromatic carbocycles. The van der Waals surface area contributed by atoms with Crippen LogP contribution < -0.4 is 5.73 Å². The van der Waals surface area contributed by atoms with E-state index in [2.05, 4.69) is 39.8 Å². The van der Waals surface area contributed by atoms with E-state index in [-0.39, 0.29) is 11.2 Å². The third-order valence-corrected chi connectivity index (χ3v) is 5.86. The van der Waals surface area contributed by atoms with Gasteiger partial charge in [-0.25, -0.2) is 0 Å². The molecule has 2 aromatic rings. The van der Waals surface area contributed by atoms with Gasteiger partial charge in [0.2, 0.25) is 0 Å². The van der Waals surface area contributed by atoms with Crippen molar-refractivity contribution >= 4 is 22.1 Å². The van der Waals surface area contributed by atoms with Crippen molar-refractivity contribution in [1.82, 2.24) is 0 Å². The lowest BCUT2D eigenvalue weighted by Gasteiger charge is -2.20. The monoisotopic (exact) mass is 327 g/mol. The second-order valence-corrected chi connectivity index (χ2v) is 8.88. The SMILES string of the molecule is CC1CCc2c(sc(N)c2C(=O)c2ccc(C(C)(C)C)cc2)C1. The molecule has 1 heterocycles.